The van der Waals surface area contributed by atoms with Gasteiger partial charge in [0.15, 0.2) is 23.0 Å². The Labute approximate surface area is 176 Å². The van der Waals surface area contributed by atoms with Gasteiger partial charge in [0.05, 0.1) is 18.2 Å². The van der Waals surface area contributed by atoms with Crippen LogP contribution in [0, 0.1) is 0 Å². The number of rotatable bonds is 6. The Kier molecular flexibility index (Phi) is 4.20. The Morgan fingerprint density at radius 1 is 1.23 bits per heavy atom. The standard InChI is InChI=1S/C24H26N4O2/c1-14(2)25-15(3)24(11-12-24)23-26-22-21(30-4)10-8-19(28(22)27-23)17-5-7-18-16(13-17)6-9-20(18)29/h5,7-8,10,13-14,25H,3,6,9,11-12H2,1-2,4H3. The maximum atomic E-state index is 12.0. The number of ether oxygens (including phenoxy) is 1. The Morgan fingerprint density at radius 2 is 2.03 bits per heavy atom. The molecule has 0 unspecified atom stereocenters. The molecule has 0 saturated heterocycles. The lowest BCUT2D eigenvalue weighted by atomic mass is 10.0. The molecule has 5 rings (SSSR count). The number of carbonyl (C=O) groups is 1. The number of allylic oxidation sites excluding steroid dienone is 1. The summed E-state index contributed by atoms with van der Waals surface area (Å²) in [6, 6.07) is 10.3. The molecular weight excluding hydrogens is 376 g/mol. The molecule has 1 N–H and O–H groups in total. The van der Waals surface area contributed by atoms with Crippen molar-refractivity contribution >= 4 is 11.4 Å². The zero-order chi connectivity index (χ0) is 21.0. The van der Waals surface area contributed by atoms with Gasteiger partial charge in [0.2, 0.25) is 0 Å². The van der Waals surface area contributed by atoms with Crippen LogP contribution in [0.4, 0.5) is 0 Å². The Balaban J connectivity index is 1.63. The monoisotopic (exact) mass is 402 g/mol. The van der Waals surface area contributed by atoms with Crippen LogP contribution in [-0.4, -0.2) is 33.5 Å². The minimum atomic E-state index is -0.219. The number of Topliss-reactive ketones (excluding diaryl/α,β-unsaturated/α-hetero) is 1. The molecule has 3 aromatic rings. The first kappa shape index (κ1) is 18.9. The third-order valence-electron chi connectivity index (χ3n) is 6.21. The number of hydrogen-bond acceptors (Lipinski definition) is 5. The van der Waals surface area contributed by atoms with Gasteiger partial charge in [-0.1, -0.05) is 18.7 Å². The number of nitrogens with one attached hydrogen (secondary N) is 1. The van der Waals surface area contributed by atoms with Gasteiger partial charge in [-0.2, -0.15) is 0 Å². The number of aryl methyl sites for hydroxylation is 1. The number of nitrogens with zero attached hydrogens (tertiary/aromatic N) is 3. The number of methoxy groups -OCH3 is 1. The van der Waals surface area contributed by atoms with Crippen LogP contribution in [0.1, 0.15) is 54.9 Å². The minimum absolute atomic E-state index is 0.219. The Hall–Kier alpha value is -3.15. The maximum Gasteiger partial charge on any atom is 0.198 e. The number of aromatic nitrogens is 3. The van der Waals surface area contributed by atoms with Gasteiger partial charge in [-0.3, -0.25) is 4.79 Å². The van der Waals surface area contributed by atoms with Crippen molar-refractivity contribution in [3.05, 3.63) is 59.6 Å². The van der Waals surface area contributed by atoms with Gasteiger partial charge in [-0.25, -0.2) is 9.50 Å². The number of fused-ring (bicyclic) bond motifs is 2. The fourth-order valence-corrected chi connectivity index (χ4v) is 4.41. The van der Waals surface area contributed by atoms with Crippen molar-refractivity contribution in [2.45, 2.75) is 51.0 Å². The third kappa shape index (κ3) is 2.82. The predicted molar refractivity (Wildman–Crippen MR) is 116 cm³/mol. The molecule has 0 radical (unpaired) electrons. The highest BCUT2D eigenvalue weighted by atomic mass is 16.5. The second-order valence-electron chi connectivity index (χ2n) is 8.61. The molecule has 0 atom stereocenters. The summed E-state index contributed by atoms with van der Waals surface area (Å²) in [6.07, 6.45) is 3.37. The average molecular weight is 402 g/mol. The van der Waals surface area contributed by atoms with E-state index < -0.39 is 0 Å². The van der Waals surface area contributed by atoms with Gasteiger partial charge in [0, 0.05) is 29.3 Å². The van der Waals surface area contributed by atoms with Crippen molar-refractivity contribution in [1.82, 2.24) is 19.9 Å². The first-order valence-electron chi connectivity index (χ1n) is 10.5. The Morgan fingerprint density at radius 3 is 2.73 bits per heavy atom. The number of pyridine rings is 1. The minimum Gasteiger partial charge on any atom is -0.493 e. The van der Waals surface area contributed by atoms with Gasteiger partial charge in [0.1, 0.15) is 0 Å². The molecule has 30 heavy (non-hydrogen) atoms. The van der Waals surface area contributed by atoms with Crippen LogP contribution in [0.15, 0.2) is 42.6 Å². The van der Waals surface area contributed by atoms with E-state index in [1.54, 1.807) is 7.11 Å². The third-order valence-corrected chi connectivity index (χ3v) is 6.21. The molecule has 2 heterocycles. The van der Waals surface area contributed by atoms with E-state index in [0.717, 1.165) is 53.2 Å². The molecule has 1 fully saturated rings. The van der Waals surface area contributed by atoms with Crippen molar-refractivity contribution in [1.29, 1.82) is 0 Å². The molecular formula is C24H26N4O2. The number of carbonyl (C=O) groups excluding carboxylic acids is 1. The smallest absolute Gasteiger partial charge is 0.198 e. The number of hydrogen-bond donors (Lipinski definition) is 1. The normalized spacial score (nSPS) is 16.7. The summed E-state index contributed by atoms with van der Waals surface area (Å²) < 4.78 is 7.44. The van der Waals surface area contributed by atoms with E-state index in [1.807, 2.05) is 28.8 Å². The molecule has 2 aliphatic rings. The lowest BCUT2D eigenvalue weighted by Gasteiger charge is -2.19. The van der Waals surface area contributed by atoms with Crippen LogP contribution >= 0.6 is 0 Å². The molecule has 6 heteroatoms. The van der Waals surface area contributed by atoms with E-state index in [-0.39, 0.29) is 11.2 Å². The molecule has 154 valence electrons. The average Bonchev–Trinajstić information content (AvgIpc) is 3.29. The number of ketones is 1. The second kappa shape index (κ2) is 6.69. The molecule has 6 nitrogen and oxygen atoms in total. The van der Waals surface area contributed by atoms with Crippen molar-refractivity contribution in [2.24, 2.45) is 0 Å². The number of benzene rings is 1. The fraction of sp³-hybridized carbons (Fsp3) is 0.375. The van der Waals surface area contributed by atoms with Crippen LogP contribution < -0.4 is 10.1 Å². The largest absolute Gasteiger partial charge is 0.493 e. The molecule has 1 aromatic carbocycles. The van der Waals surface area contributed by atoms with Crippen LogP contribution in [0.2, 0.25) is 0 Å². The van der Waals surface area contributed by atoms with Crippen molar-refractivity contribution < 1.29 is 9.53 Å². The fourth-order valence-electron chi connectivity index (χ4n) is 4.41. The molecule has 2 aromatic heterocycles. The molecule has 0 bridgehead atoms. The van der Waals surface area contributed by atoms with Gasteiger partial charge in [-0.05, 0) is 56.9 Å². The van der Waals surface area contributed by atoms with Crippen LogP contribution in [-0.2, 0) is 11.8 Å². The van der Waals surface area contributed by atoms with Gasteiger partial charge in [-0.15, -0.1) is 5.10 Å². The first-order chi connectivity index (χ1) is 14.4. The highest BCUT2D eigenvalue weighted by molar-refractivity contribution is 6.00. The summed E-state index contributed by atoms with van der Waals surface area (Å²) in [6.45, 7) is 8.50. The van der Waals surface area contributed by atoms with Gasteiger partial charge >= 0.3 is 0 Å². The van der Waals surface area contributed by atoms with E-state index in [2.05, 4.69) is 31.8 Å². The van der Waals surface area contributed by atoms with Crippen LogP contribution in [0.5, 0.6) is 5.75 Å². The van der Waals surface area contributed by atoms with Crippen molar-refractivity contribution in [3.8, 4) is 17.0 Å². The summed E-state index contributed by atoms with van der Waals surface area (Å²) in [5.74, 6) is 1.70. The highest BCUT2D eigenvalue weighted by Crippen LogP contribution is 2.51. The SMILES string of the molecule is C=C(NC(C)C)C1(c2nc3c(OC)ccc(-c4ccc5c(c4)CCC5=O)n3n2)CC1. The quantitative estimate of drug-likeness (QED) is 0.673. The van der Waals surface area contributed by atoms with Crippen molar-refractivity contribution in [3.63, 3.8) is 0 Å². The molecule has 0 aliphatic heterocycles. The van der Waals surface area contributed by atoms with E-state index in [9.17, 15) is 4.79 Å². The van der Waals surface area contributed by atoms with Gasteiger partial charge in [0.25, 0.3) is 0 Å². The Bertz CT molecular complexity index is 1190. The molecule has 2 aliphatic carbocycles. The lowest BCUT2D eigenvalue weighted by molar-refractivity contribution is 0.0994. The van der Waals surface area contributed by atoms with Gasteiger partial charge < -0.3 is 10.1 Å². The van der Waals surface area contributed by atoms with Crippen LogP contribution in [0.25, 0.3) is 16.9 Å². The highest BCUT2D eigenvalue weighted by Gasteiger charge is 2.51. The maximum absolute atomic E-state index is 12.0. The van der Waals surface area contributed by atoms with E-state index >= 15 is 0 Å². The molecule has 1 saturated carbocycles. The summed E-state index contributed by atoms with van der Waals surface area (Å²) >= 11 is 0. The zero-order valence-electron chi connectivity index (χ0n) is 17.7. The van der Waals surface area contributed by atoms with E-state index in [4.69, 9.17) is 14.8 Å². The molecule has 0 amide bonds. The summed E-state index contributed by atoms with van der Waals surface area (Å²) in [7, 11) is 1.65. The van der Waals surface area contributed by atoms with E-state index in [1.165, 1.54) is 0 Å². The molecule has 0 spiro atoms. The topological polar surface area (TPSA) is 68.5 Å². The summed E-state index contributed by atoms with van der Waals surface area (Å²) in [5.41, 5.74) is 5.37. The predicted octanol–water partition coefficient (Wildman–Crippen LogP) is 4.08. The summed E-state index contributed by atoms with van der Waals surface area (Å²) in [4.78, 5) is 16.9. The first-order valence-corrected chi connectivity index (χ1v) is 10.5. The summed E-state index contributed by atoms with van der Waals surface area (Å²) in [5, 5.41) is 8.38. The second-order valence-corrected chi connectivity index (χ2v) is 8.61. The lowest BCUT2D eigenvalue weighted by Crippen LogP contribution is -2.29. The zero-order valence-corrected chi connectivity index (χ0v) is 17.7. The van der Waals surface area contributed by atoms with Crippen LogP contribution in [0.3, 0.4) is 0 Å². The van der Waals surface area contributed by atoms with E-state index in [0.29, 0.717) is 23.9 Å². The van der Waals surface area contributed by atoms with Crippen molar-refractivity contribution in [2.75, 3.05) is 7.11 Å².